The second kappa shape index (κ2) is 26.9. The maximum absolute atomic E-state index is 15.1. The highest BCUT2D eigenvalue weighted by Gasteiger charge is 2.51. The summed E-state index contributed by atoms with van der Waals surface area (Å²) in [7, 11) is 0. The highest BCUT2D eigenvalue weighted by Crippen LogP contribution is 2.41. The second-order valence-corrected chi connectivity index (χ2v) is 17.8. The van der Waals surface area contributed by atoms with Gasteiger partial charge in [0.1, 0.15) is 43.4 Å². The molecule has 66 heavy (non-hydrogen) atoms. The average Bonchev–Trinajstić information content (AvgIpc) is 3.67. The van der Waals surface area contributed by atoms with Crippen molar-refractivity contribution in [3.8, 4) is 0 Å². The van der Waals surface area contributed by atoms with Gasteiger partial charge in [0, 0.05) is 25.8 Å². The zero-order valence-corrected chi connectivity index (χ0v) is 38.5. The van der Waals surface area contributed by atoms with Crippen LogP contribution < -0.4 is 31.9 Å². The lowest BCUT2D eigenvalue weighted by atomic mass is 9.82. The molecule has 21 nitrogen and oxygen atoms in total. The fourth-order valence-electron chi connectivity index (χ4n) is 9.07. The first-order valence-corrected chi connectivity index (χ1v) is 23.1. The summed E-state index contributed by atoms with van der Waals surface area (Å²) in [6.45, 7) is 8.95. The van der Waals surface area contributed by atoms with Crippen molar-refractivity contribution in [2.75, 3.05) is 13.2 Å². The number of ketones is 1. The van der Waals surface area contributed by atoms with Crippen LogP contribution in [0.3, 0.4) is 0 Å². The average molecular weight is 932 g/mol. The summed E-state index contributed by atoms with van der Waals surface area (Å²) in [5, 5.41) is 33.8. The number of carbonyl (C=O) groups excluding carboxylic acids is 9. The van der Waals surface area contributed by atoms with Crippen molar-refractivity contribution in [3.63, 3.8) is 0 Å². The largest absolute Gasteiger partial charge is 0.481 e. The number of hydrogen-bond donors (Lipinski definition) is 8. The molecule has 0 aromatic carbocycles. The zero-order chi connectivity index (χ0) is 49.1. The van der Waals surface area contributed by atoms with E-state index < -0.39 is 133 Å². The quantitative estimate of drug-likeness (QED) is 0.0338. The number of rotatable bonds is 26. The summed E-state index contributed by atoms with van der Waals surface area (Å²) in [4.78, 5) is 145. The summed E-state index contributed by atoms with van der Waals surface area (Å²) in [6, 6.07) is -8.01. The fourth-order valence-corrected chi connectivity index (χ4v) is 9.07. The van der Waals surface area contributed by atoms with Crippen LogP contribution in [0.5, 0.6) is 0 Å². The minimum absolute atomic E-state index is 0.0543. The van der Waals surface area contributed by atoms with E-state index in [0.717, 1.165) is 45.4 Å². The van der Waals surface area contributed by atoms with Gasteiger partial charge < -0.3 is 51.8 Å². The molecule has 3 fully saturated rings. The normalized spacial score (nSPS) is 20.4. The number of amides is 7. The maximum Gasteiger partial charge on any atom is 0.325 e. The molecule has 7 amide bonds. The molecule has 368 valence electrons. The van der Waals surface area contributed by atoms with E-state index in [1.165, 1.54) is 11.0 Å². The van der Waals surface area contributed by atoms with Gasteiger partial charge in [-0.3, -0.25) is 52.7 Å². The number of nitrogens with zero attached hydrogens (tertiary/aromatic N) is 1. The molecule has 1 saturated heterocycles. The predicted octanol–water partition coefficient (Wildman–Crippen LogP) is 0.771. The Kier molecular flexibility index (Phi) is 22.2. The van der Waals surface area contributed by atoms with E-state index in [0.29, 0.717) is 25.7 Å². The lowest BCUT2D eigenvalue weighted by Crippen LogP contribution is -2.62. The molecular weight excluding hydrogens is 863 g/mol. The van der Waals surface area contributed by atoms with E-state index in [2.05, 4.69) is 38.5 Å². The number of carboxylic acid groups (broad SMARTS) is 2. The van der Waals surface area contributed by atoms with E-state index in [1.54, 1.807) is 20.8 Å². The first-order valence-electron chi connectivity index (χ1n) is 23.1. The van der Waals surface area contributed by atoms with Crippen LogP contribution in [-0.4, -0.2) is 136 Å². The van der Waals surface area contributed by atoms with Crippen molar-refractivity contribution >= 4 is 65.0 Å². The minimum atomic E-state index is -1.53. The Morgan fingerprint density at radius 1 is 0.727 bits per heavy atom. The molecule has 0 bridgehead atoms. The van der Waals surface area contributed by atoms with Crippen LogP contribution in [-0.2, 0) is 57.5 Å². The molecule has 0 spiro atoms. The predicted molar refractivity (Wildman–Crippen MR) is 236 cm³/mol. The van der Waals surface area contributed by atoms with Gasteiger partial charge in [-0.05, 0) is 69.1 Å². The summed E-state index contributed by atoms with van der Waals surface area (Å²) >= 11 is 0. The lowest BCUT2D eigenvalue weighted by Gasteiger charge is -2.39. The van der Waals surface area contributed by atoms with Gasteiger partial charge in [0.15, 0.2) is 0 Å². The number of nitrogens with one attached hydrogen (secondary N) is 6. The molecule has 3 rings (SSSR count). The van der Waals surface area contributed by atoms with Crippen molar-refractivity contribution in [1.82, 2.24) is 36.8 Å². The van der Waals surface area contributed by atoms with Crippen molar-refractivity contribution < 1.29 is 67.7 Å². The van der Waals surface area contributed by atoms with Gasteiger partial charge in [0.25, 0.3) is 5.91 Å². The topological polar surface area (TPSA) is 313 Å². The van der Waals surface area contributed by atoms with Gasteiger partial charge in [-0.25, -0.2) is 0 Å². The van der Waals surface area contributed by atoms with Gasteiger partial charge in [0.2, 0.25) is 41.2 Å². The molecule has 2 aliphatic carbocycles. The number of likely N-dealkylation sites (tertiary alicyclic amines) is 1. The van der Waals surface area contributed by atoms with Crippen molar-refractivity contribution in [3.05, 3.63) is 12.7 Å². The lowest BCUT2D eigenvalue weighted by molar-refractivity contribution is -0.147. The molecule has 8 atom stereocenters. The van der Waals surface area contributed by atoms with Crippen LogP contribution in [0.4, 0.5) is 0 Å². The molecule has 0 aromatic heterocycles. The minimum Gasteiger partial charge on any atom is -0.481 e. The molecule has 1 unspecified atom stereocenters. The SMILES string of the molecule is C=CCOC(=O)CNC(=O)C(=O)C(CCC)NC(=O)[C@@H]1C[C@@H]2CCCC[C@@H]2N1C(=O)[C@@H](NC(=O)[C@@H](NC(=O)[C@H](CCC(=O)O)NC(=O)[C@H](CCC(=O)O)NC(C)=O)C(C)C)C1CCCCC1. The number of carbonyl (C=O) groups is 11. The fraction of sp³-hybridized carbons (Fsp3) is 0.711. The molecule has 2 saturated carbocycles. The van der Waals surface area contributed by atoms with Gasteiger partial charge >= 0.3 is 17.9 Å². The first-order chi connectivity index (χ1) is 31.3. The van der Waals surface area contributed by atoms with E-state index in [9.17, 15) is 53.1 Å². The Morgan fingerprint density at radius 2 is 1.32 bits per heavy atom. The number of fused-ring (bicyclic) bond motifs is 1. The van der Waals surface area contributed by atoms with Crippen molar-refractivity contribution in [2.24, 2.45) is 17.8 Å². The Hall–Kier alpha value is -5.89. The van der Waals surface area contributed by atoms with Crippen molar-refractivity contribution in [2.45, 2.75) is 173 Å². The molecular formula is C45H69N7O14. The number of hydrogen-bond acceptors (Lipinski definition) is 12. The van der Waals surface area contributed by atoms with Crippen molar-refractivity contribution in [1.29, 1.82) is 0 Å². The van der Waals surface area contributed by atoms with Gasteiger partial charge in [0.05, 0.1) is 6.04 Å². The van der Waals surface area contributed by atoms with E-state index >= 15 is 4.79 Å². The van der Waals surface area contributed by atoms with Crippen LogP contribution in [0.15, 0.2) is 12.7 Å². The number of ether oxygens (including phenoxy) is 1. The number of carboxylic acids is 2. The van der Waals surface area contributed by atoms with Gasteiger partial charge in [-0.1, -0.05) is 72.0 Å². The molecule has 21 heteroatoms. The van der Waals surface area contributed by atoms with E-state index in [-0.39, 0.29) is 43.7 Å². The number of Topliss-reactive ketones (excluding diaryl/α,β-unsaturated/α-hetero) is 1. The summed E-state index contributed by atoms with van der Waals surface area (Å²) in [6.07, 6.45) is 6.95. The summed E-state index contributed by atoms with van der Waals surface area (Å²) in [5.41, 5.74) is 0. The highest BCUT2D eigenvalue weighted by molar-refractivity contribution is 6.38. The van der Waals surface area contributed by atoms with E-state index in [1.807, 2.05) is 0 Å². The Bertz CT molecular complexity index is 1800. The Labute approximate surface area is 385 Å². The van der Waals surface area contributed by atoms with Crippen LogP contribution >= 0.6 is 0 Å². The molecule has 1 heterocycles. The molecule has 0 aromatic rings. The second-order valence-electron chi connectivity index (χ2n) is 17.8. The third-order valence-electron chi connectivity index (χ3n) is 12.4. The summed E-state index contributed by atoms with van der Waals surface area (Å²) in [5.74, 6) is -10.8. The maximum atomic E-state index is 15.1. The molecule has 8 N–H and O–H groups in total. The number of esters is 1. The standard InChI is InChI=1S/C45H69N7O14/c1-6-13-29(39(59)44(64)46-24-36(58)66-22-7-2)48-42(62)33-23-28-16-11-12-17-32(28)52(33)45(65)38(27-14-9-8-10-15-27)51-43(63)37(25(3)4)50-41(61)31(19-21-35(56)57)49-40(60)30(47-26(5)53)18-20-34(54)55/h7,25,27-33,37-38H,2,6,8-24H2,1,3-5H3,(H,46,64)(H,47,53)(H,48,62)(H,49,60)(H,50,61)(H,51,63)(H,54,55)(H,56,57)/t28-,29?,30-,31-,32-,33-,37-,38-/m0/s1. The Balaban J connectivity index is 1.91. The smallest absolute Gasteiger partial charge is 0.325 e. The van der Waals surface area contributed by atoms with Crippen LogP contribution in [0.25, 0.3) is 0 Å². The summed E-state index contributed by atoms with van der Waals surface area (Å²) < 4.78 is 4.85. The van der Waals surface area contributed by atoms with Crippen LogP contribution in [0.2, 0.25) is 0 Å². The van der Waals surface area contributed by atoms with Gasteiger partial charge in [-0.2, -0.15) is 0 Å². The third kappa shape index (κ3) is 16.5. The van der Waals surface area contributed by atoms with Crippen LogP contribution in [0, 0.1) is 17.8 Å². The van der Waals surface area contributed by atoms with Crippen LogP contribution in [0.1, 0.15) is 130 Å². The van der Waals surface area contributed by atoms with E-state index in [4.69, 9.17) is 9.84 Å². The first kappa shape index (κ1) is 54.4. The molecule has 3 aliphatic rings. The molecule has 0 radical (unpaired) electrons. The molecule has 1 aliphatic heterocycles. The highest BCUT2D eigenvalue weighted by atomic mass is 16.5. The Morgan fingerprint density at radius 3 is 1.89 bits per heavy atom. The monoisotopic (exact) mass is 931 g/mol. The third-order valence-corrected chi connectivity index (χ3v) is 12.4. The van der Waals surface area contributed by atoms with Gasteiger partial charge in [-0.15, -0.1) is 0 Å². The zero-order valence-electron chi connectivity index (χ0n) is 38.5. The number of aliphatic carboxylic acids is 2.